The Morgan fingerprint density at radius 1 is 1.12 bits per heavy atom. The van der Waals surface area contributed by atoms with Crippen molar-refractivity contribution in [1.82, 2.24) is 0 Å². The van der Waals surface area contributed by atoms with Gasteiger partial charge in [-0.15, -0.1) is 0 Å². The molecule has 1 atom stereocenters. The molecule has 0 saturated carbocycles. The molecule has 1 amide bonds. The highest BCUT2D eigenvalue weighted by atomic mass is 19.1. The highest BCUT2D eigenvalue weighted by molar-refractivity contribution is 6.20. The van der Waals surface area contributed by atoms with Gasteiger partial charge in [-0.3, -0.25) is 14.5 Å². The molecule has 0 aromatic heterocycles. The van der Waals surface area contributed by atoms with Gasteiger partial charge in [0.15, 0.2) is 5.78 Å². The number of fused-ring (bicyclic) bond motifs is 3. The van der Waals surface area contributed by atoms with Gasteiger partial charge in [0.2, 0.25) is 5.91 Å². The lowest BCUT2D eigenvalue weighted by molar-refractivity contribution is -0.123. The first-order chi connectivity index (χ1) is 16.0. The molecule has 0 fully saturated rings. The van der Waals surface area contributed by atoms with Crippen LogP contribution in [0.2, 0.25) is 0 Å². The molecule has 0 unspecified atom stereocenters. The van der Waals surface area contributed by atoms with Gasteiger partial charge in [0.1, 0.15) is 28.9 Å². The zero-order valence-corrected chi connectivity index (χ0v) is 18.9. The van der Waals surface area contributed by atoms with Crippen LogP contribution in [0.5, 0.6) is 0 Å². The molecule has 2 aliphatic heterocycles. The van der Waals surface area contributed by atoms with Crippen LogP contribution in [-0.4, -0.2) is 11.7 Å². The Bertz CT molecular complexity index is 1420. The summed E-state index contributed by atoms with van der Waals surface area (Å²) in [4.78, 5) is 28.7. The molecule has 1 aliphatic carbocycles. The number of nitrogens with one attached hydrogen (secondary N) is 1. The number of nitrogens with zero attached hydrogens (tertiary/aromatic N) is 2. The number of amides is 1. The lowest BCUT2D eigenvalue weighted by Crippen LogP contribution is -2.52. The van der Waals surface area contributed by atoms with Crippen molar-refractivity contribution in [1.29, 1.82) is 5.26 Å². The second kappa shape index (κ2) is 7.00. The molecular weight excluding hydrogens is 438 g/mol. The minimum absolute atomic E-state index is 0.0950. The Labute approximate surface area is 195 Å². The Morgan fingerprint density at radius 3 is 2.53 bits per heavy atom. The van der Waals surface area contributed by atoms with Gasteiger partial charge in [-0.05, 0) is 37.0 Å². The lowest BCUT2D eigenvalue weighted by Gasteiger charge is -2.46. The molecule has 3 N–H and O–H groups in total. The van der Waals surface area contributed by atoms with Crippen molar-refractivity contribution in [3.05, 3.63) is 81.8 Å². The van der Waals surface area contributed by atoms with E-state index in [-0.39, 0.29) is 34.9 Å². The third kappa shape index (κ3) is 2.76. The van der Waals surface area contributed by atoms with E-state index in [1.165, 1.54) is 11.0 Å². The Morgan fingerprint density at radius 2 is 1.85 bits per heavy atom. The molecule has 172 valence electrons. The van der Waals surface area contributed by atoms with Crippen molar-refractivity contribution in [2.75, 3.05) is 10.2 Å². The average molecular weight is 460 g/mol. The summed E-state index contributed by atoms with van der Waals surface area (Å²) >= 11 is 0. The van der Waals surface area contributed by atoms with Crippen molar-refractivity contribution < 1.29 is 18.4 Å². The van der Waals surface area contributed by atoms with E-state index in [1.54, 1.807) is 12.1 Å². The van der Waals surface area contributed by atoms with E-state index < -0.39 is 28.4 Å². The molecule has 0 saturated heterocycles. The highest BCUT2D eigenvalue weighted by Crippen LogP contribution is 2.57. The van der Waals surface area contributed by atoms with Crippen LogP contribution in [0.4, 0.5) is 20.2 Å². The maximum atomic E-state index is 15.0. The Kier molecular flexibility index (Phi) is 4.50. The van der Waals surface area contributed by atoms with E-state index >= 15 is 0 Å². The summed E-state index contributed by atoms with van der Waals surface area (Å²) in [6, 6.07) is 10.4. The summed E-state index contributed by atoms with van der Waals surface area (Å²) in [6.07, 6.45) is 0.431. The SMILES string of the molecule is Cc1ccc2c(c1)[C@@]1(C(=O)N2)C(C#N)=C(N)N(c2ccc(F)cc2F)C2=C1C(=O)CC(C)(C)C2. The van der Waals surface area contributed by atoms with Crippen molar-refractivity contribution >= 4 is 23.1 Å². The highest BCUT2D eigenvalue weighted by Gasteiger charge is 2.61. The number of anilines is 2. The fourth-order valence-corrected chi connectivity index (χ4v) is 5.47. The first kappa shape index (κ1) is 21.8. The maximum Gasteiger partial charge on any atom is 0.245 e. The molecule has 6 nitrogen and oxygen atoms in total. The quantitative estimate of drug-likeness (QED) is 0.660. The number of nitriles is 1. The Balaban J connectivity index is 1.92. The minimum Gasteiger partial charge on any atom is -0.384 e. The first-order valence-electron chi connectivity index (χ1n) is 10.9. The maximum absolute atomic E-state index is 15.0. The minimum atomic E-state index is -1.74. The van der Waals surface area contributed by atoms with Crippen LogP contribution < -0.4 is 16.0 Å². The number of rotatable bonds is 1. The van der Waals surface area contributed by atoms with Crippen LogP contribution >= 0.6 is 0 Å². The molecule has 5 rings (SSSR count). The van der Waals surface area contributed by atoms with Gasteiger partial charge in [-0.1, -0.05) is 31.5 Å². The largest absolute Gasteiger partial charge is 0.384 e. The second-order valence-electron chi connectivity index (χ2n) is 9.82. The van der Waals surface area contributed by atoms with Crippen LogP contribution in [0.25, 0.3) is 0 Å². The molecule has 2 aromatic rings. The molecule has 2 heterocycles. The molecule has 1 spiro atoms. The summed E-state index contributed by atoms with van der Waals surface area (Å²) in [7, 11) is 0. The molecule has 2 aromatic carbocycles. The van der Waals surface area contributed by atoms with Crippen LogP contribution in [0, 0.1) is 35.3 Å². The van der Waals surface area contributed by atoms with E-state index in [4.69, 9.17) is 5.73 Å². The number of carbonyl (C=O) groups is 2. The zero-order chi connectivity index (χ0) is 24.6. The van der Waals surface area contributed by atoms with Crippen molar-refractivity contribution in [3.8, 4) is 6.07 Å². The van der Waals surface area contributed by atoms with Crippen molar-refractivity contribution in [3.63, 3.8) is 0 Å². The summed E-state index contributed by atoms with van der Waals surface area (Å²) in [5.74, 6) is -2.70. The van der Waals surface area contributed by atoms with Crippen LogP contribution in [0.1, 0.15) is 37.8 Å². The summed E-state index contributed by atoms with van der Waals surface area (Å²) in [5.41, 5.74) is 6.26. The van der Waals surface area contributed by atoms with Gasteiger partial charge in [-0.2, -0.15) is 5.26 Å². The molecule has 8 heteroatoms. The molecule has 3 aliphatic rings. The van der Waals surface area contributed by atoms with Crippen LogP contribution in [0.3, 0.4) is 0 Å². The number of hydrogen-bond donors (Lipinski definition) is 2. The number of nitrogens with two attached hydrogens (primary N) is 1. The predicted molar refractivity (Wildman–Crippen MR) is 122 cm³/mol. The number of Topliss-reactive ketones (excluding diaryl/α,β-unsaturated/α-hetero) is 1. The van der Waals surface area contributed by atoms with E-state index in [1.807, 2.05) is 26.8 Å². The average Bonchev–Trinajstić information content (AvgIpc) is 3.00. The van der Waals surface area contributed by atoms with E-state index in [0.717, 1.165) is 17.7 Å². The molecule has 0 bridgehead atoms. The van der Waals surface area contributed by atoms with E-state index in [2.05, 4.69) is 11.4 Å². The molecule has 0 radical (unpaired) electrons. The third-order valence-corrected chi connectivity index (χ3v) is 6.80. The van der Waals surface area contributed by atoms with Gasteiger partial charge in [-0.25, -0.2) is 8.78 Å². The topological polar surface area (TPSA) is 99.2 Å². The smallest absolute Gasteiger partial charge is 0.245 e. The number of aryl methyl sites for hydroxylation is 1. The second-order valence-corrected chi connectivity index (χ2v) is 9.82. The first-order valence-corrected chi connectivity index (χ1v) is 10.9. The summed E-state index contributed by atoms with van der Waals surface area (Å²) < 4.78 is 28.7. The fraction of sp³-hybridized carbons (Fsp3) is 0.269. The zero-order valence-electron chi connectivity index (χ0n) is 18.9. The summed E-state index contributed by atoms with van der Waals surface area (Å²) in [6.45, 7) is 5.64. The lowest BCUT2D eigenvalue weighted by atomic mass is 9.60. The van der Waals surface area contributed by atoms with Gasteiger partial charge in [0, 0.05) is 35.0 Å². The molecular formula is C26H22F2N4O2. The van der Waals surface area contributed by atoms with E-state index in [9.17, 15) is 23.6 Å². The third-order valence-electron chi connectivity index (χ3n) is 6.80. The normalized spacial score (nSPS) is 23.1. The number of hydrogen-bond acceptors (Lipinski definition) is 5. The Hall–Kier alpha value is -3.99. The van der Waals surface area contributed by atoms with Gasteiger partial charge in [0.25, 0.3) is 0 Å². The predicted octanol–water partition coefficient (Wildman–Crippen LogP) is 4.32. The van der Waals surface area contributed by atoms with Gasteiger partial charge >= 0.3 is 0 Å². The number of benzene rings is 2. The van der Waals surface area contributed by atoms with Crippen LogP contribution in [-0.2, 0) is 15.0 Å². The van der Waals surface area contributed by atoms with Crippen LogP contribution in [0.15, 0.2) is 59.1 Å². The number of halogens is 2. The van der Waals surface area contributed by atoms with Crippen molar-refractivity contribution in [2.45, 2.75) is 39.0 Å². The van der Waals surface area contributed by atoms with Gasteiger partial charge < -0.3 is 11.1 Å². The fourth-order valence-electron chi connectivity index (χ4n) is 5.47. The molecule has 34 heavy (non-hydrogen) atoms. The number of ketones is 1. The van der Waals surface area contributed by atoms with Crippen molar-refractivity contribution in [2.24, 2.45) is 11.1 Å². The monoisotopic (exact) mass is 460 g/mol. The van der Waals surface area contributed by atoms with Gasteiger partial charge in [0.05, 0.1) is 11.3 Å². The number of carbonyl (C=O) groups excluding carboxylic acids is 2. The standard InChI is InChI=1S/C26H22F2N4O2/c1-13-4-6-18-15(8-13)26(24(34)31-18)16(12-29)23(30)32(19-7-5-14(27)9-17(19)28)20-10-25(2,3)11-21(33)22(20)26/h4-9H,10-11,30H2,1-3H3,(H,31,34)/t26-/m1/s1. The van der Waals surface area contributed by atoms with E-state index in [0.29, 0.717) is 23.4 Å². The number of allylic oxidation sites excluding steroid dienone is 1. The summed E-state index contributed by atoms with van der Waals surface area (Å²) in [5, 5.41) is 13.1.